The minimum atomic E-state index is 0.555. The zero-order valence-electron chi connectivity index (χ0n) is 15.2. The second kappa shape index (κ2) is 6.40. The van der Waals surface area contributed by atoms with Crippen molar-refractivity contribution >= 4 is 16.5 Å². The molecule has 3 heteroatoms. The maximum atomic E-state index is 4.26. The van der Waals surface area contributed by atoms with E-state index >= 15 is 0 Å². The lowest BCUT2D eigenvalue weighted by molar-refractivity contribution is 0.204. The lowest BCUT2D eigenvalue weighted by atomic mass is 10.0. The van der Waals surface area contributed by atoms with Gasteiger partial charge in [-0.2, -0.15) is 0 Å². The third kappa shape index (κ3) is 2.77. The van der Waals surface area contributed by atoms with Crippen molar-refractivity contribution in [2.24, 2.45) is 5.92 Å². The number of fused-ring (bicyclic) bond motifs is 3. The number of hydrogen-bond donors (Lipinski definition) is 1. The minimum absolute atomic E-state index is 0.555. The van der Waals surface area contributed by atoms with E-state index in [0.29, 0.717) is 12.1 Å². The number of likely N-dealkylation sites (tertiary alicyclic amines) is 1. The van der Waals surface area contributed by atoms with Crippen molar-refractivity contribution in [3.63, 3.8) is 0 Å². The molecular weight excluding hydrogens is 318 g/mol. The van der Waals surface area contributed by atoms with Crippen LogP contribution < -0.4 is 5.32 Å². The van der Waals surface area contributed by atoms with Gasteiger partial charge < -0.3 is 5.32 Å². The molecule has 0 spiro atoms. The molecule has 3 unspecified atom stereocenters. The van der Waals surface area contributed by atoms with Crippen LogP contribution in [0.1, 0.15) is 24.0 Å². The van der Waals surface area contributed by atoms with E-state index in [2.05, 4.69) is 70.7 Å². The van der Waals surface area contributed by atoms with Crippen molar-refractivity contribution in [2.75, 3.05) is 11.9 Å². The van der Waals surface area contributed by atoms with Gasteiger partial charge in [0.2, 0.25) is 0 Å². The monoisotopic (exact) mass is 343 g/mol. The average molecular weight is 343 g/mol. The van der Waals surface area contributed by atoms with E-state index in [1.165, 1.54) is 47.0 Å². The first-order valence-corrected chi connectivity index (χ1v) is 9.67. The van der Waals surface area contributed by atoms with Crippen LogP contribution in [0.3, 0.4) is 0 Å². The molecule has 3 aromatic rings. The summed E-state index contributed by atoms with van der Waals surface area (Å²) in [7, 11) is 0. The lowest BCUT2D eigenvalue weighted by Crippen LogP contribution is -2.36. The van der Waals surface area contributed by atoms with Gasteiger partial charge >= 0.3 is 0 Å². The number of benzene rings is 2. The van der Waals surface area contributed by atoms with Crippen LogP contribution in [-0.2, 0) is 6.54 Å². The van der Waals surface area contributed by atoms with Gasteiger partial charge in [0, 0.05) is 54.0 Å². The second-order valence-electron chi connectivity index (χ2n) is 7.89. The third-order valence-corrected chi connectivity index (χ3v) is 6.20. The van der Waals surface area contributed by atoms with Gasteiger partial charge in [0.05, 0.1) is 0 Å². The molecule has 2 fully saturated rings. The Hall–Kier alpha value is -2.39. The van der Waals surface area contributed by atoms with Crippen molar-refractivity contribution in [1.29, 1.82) is 0 Å². The summed E-state index contributed by atoms with van der Waals surface area (Å²) < 4.78 is 0. The van der Waals surface area contributed by atoms with Crippen LogP contribution in [0.15, 0.2) is 60.9 Å². The van der Waals surface area contributed by atoms with Gasteiger partial charge in [0.25, 0.3) is 0 Å². The molecule has 1 aliphatic carbocycles. The molecule has 2 bridgehead atoms. The number of aryl methyl sites for hydroxylation is 1. The van der Waals surface area contributed by atoms with Crippen molar-refractivity contribution in [1.82, 2.24) is 9.88 Å². The van der Waals surface area contributed by atoms with Gasteiger partial charge in [0.1, 0.15) is 0 Å². The van der Waals surface area contributed by atoms with Gasteiger partial charge in [0.15, 0.2) is 0 Å². The normalized spacial score (nSPS) is 25.0. The first-order chi connectivity index (χ1) is 12.8. The Bertz CT molecular complexity index is 913. The molecule has 3 nitrogen and oxygen atoms in total. The molecule has 0 amide bonds. The van der Waals surface area contributed by atoms with Gasteiger partial charge in [-0.15, -0.1) is 0 Å². The number of rotatable bonds is 4. The molecule has 5 rings (SSSR count). The standard InChI is InChI=1S/C23H25N3/c1-16-5-7-17(8-6-16)14-26-15-19-9-10-22(26)23(19)25-21-4-2-3-18-13-24-12-11-20(18)21/h2-8,11-13,19,22-23,25H,9-10,14-15H2,1H3. The van der Waals surface area contributed by atoms with E-state index in [9.17, 15) is 0 Å². The van der Waals surface area contributed by atoms with Crippen LogP contribution in [0, 0.1) is 12.8 Å². The van der Waals surface area contributed by atoms with E-state index in [1.807, 2.05) is 12.4 Å². The number of piperidine rings is 1. The first-order valence-electron chi connectivity index (χ1n) is 9.67. The van der Waals surface area contributed by atoms with Crippen molar-refractivity contribution in [2.45, 2.75) is 38.4 Å². The Balaban J connectivity index is 1.36. The quantitative estimate of drug-likeness (QED) is 0.749. The highest BCUT2D eigenvalue weighted by Gasteiger charge is 2.46. The maximum absolute atomic E-state index is 4.26. The van der Waals surface area contributed by atoms with Gasteiger partial charge in [-0.3, -0.25) is 9.88 Å². The van der Waals surface area contributed by atoms with Crippen LogP contribution in [-0.4, -0.2) is 28.5 Å². The molecule has 1 N–H and O–H groups in total. The Morgan fingerprint density at radius 3 is 2.85 bits per heavy atom. The Labute approximate surface area is 155 Å². The largest absolute Gasteiger partial charge is 0.380 e. The lowest BCUT2D eigenvalue weighted by Gasteiger charge is -2.28. The fraction of sp³-hybridized carbons (Fsp3) is 0.348. The maximum Gasteiger partial charge on any atom is 0.0457 e. The van der Waals surface area contributed by atoms with E-state index in [4.69, 9.17) is 0 Å². The van der Waals surface area contributed by atoms with Crippen molar-refractivity contribution in [3.8, 4) is 0 Å². The third-order valence-electron chi connectivity index (χ3n) is 6.20. The highest BCUT2D eigenvalue weighted by Crippen LogP contribution is 2.41. The molecule has 2 aromatic carbocycles. The molecule has 132 valence electrons. The van der Waals surface area contributed by atoms with Crippen LogP contribution >= 0.6 is 0 Å². The predicted octanol–water partition coefficient (Wildman–Crippen LogP) is 4.62. The second-order valence-corrected chi connectivity index (χ2v) is 7.89. The van der Waals surface area contributed by atoms with Gasteiger partial charge in [-0.25, -0.2) is 0 Å². The fourth-order valence-electron chi connectivity index (χ4n) is 4.86. The Morgan fingerprint density at radius 1 is 1.08 bits per heavy atom. The summed E-state index contributed by atoms with van der Waals surface area (Å²) in [4.78, 5) is 6.94. The molecule has 1 aliphatic heterocycles. The summed E-state index contributed by atoms with van der Waals surface area (Å²) in [6.45, 7) is 4.43. The first kappa shape index (κ1) is 15.8. The van der Waals surface area contributed by atoms with Crippen molar-refractivity contribution in [3.05, 3.63) is 72.1 Å². The van der Waals surface area contributed by atoms with Gasteiger partial charge in [-0.05, 0) is 43.4 Å². The highest BCUT2D eigenvalue weighted by atomic mass is 15.2. The molecule has 3 atom stereocenters. The number of anilines is 1. The molecule has 1 saturated carbocycles. The van der Waals surface area contributed by atoms with Crippen LogP contribution in [0.4, 0.5) is 5.69 Å². The number of hydrogen-bond acceptors (Lipinski definition) is 3. The molecule has 1 saturated heterocycles. The minimum Gasteiger partial charge on any atom is -0.380 e. The number of nitrogens with zero attached hydrogens (tertiary/aromatic N) is 2. The molecule has 0 radical (unpaired) electrons. The van der Waals surface area contributed by atoms with Crippen molar-refractivity contribution < 1.29 is 0 Å². The summed E-state index contributed by atoms with van der Waals surface area (Å²) >= 11 is 0. The zero-order valence-corrected chi connectivity index (χ0v) is 15.2. The summed E-state index contributed by atoms with van der Waals surface area (Å²) in [6, 6.07) is 18.8. The number of pyridine rings is 1. The molecule has 1 aromatic heterocycles. The van der Waals surface area contributed by atoms with E-state index in [-0.39, 0.29) is 0 Å². The zero-order chi connectivity index (χ0) is 17.5. The van der Waals surface area contributed by atoms with E-state index in [0.717, 1.165) is 12.5 Å². The SMILES string of the molecule is Cc1ccc(CN2CC3CCC2C3Nc2cccc3cnccc23)cc1. The number of aromatic nitrogens is 1. The highest BCUT2D eigenvalue weighted by molar-refractivity contribution is 5.93. The average Bonchev–Trinajstić information content (AvgIpc) is 3.20. The summed E-state index contributed by atoms with van der Waals surface area (Å²) in [5.41, 5.74) is 4.02. The van der Waals surface area contributed by atoms with Crippen LogP contribution in [0.5, 0.6) is 0 Å². The summed E-state index contributed by atoms with van der Waals surface area (Å²) in [5.74, 6) is 0.752. The Kier molecular flexibility index (Phi) is 3.90. The van der Waals surface area contributed by atoms with Gasteiger partial charge in [-0.1, -0.05) is 42.0 Å². The fourth-order valence-corrected chi connectivity index (χ4v) is 4.86. The summed E-state index contributed by atoms with van der Waals surface area (Å²) in [5, 5.41) is 6.39. The predicted molar refractivity (Wildman–Crippen MR) is 107 cm³/mol. The van der Waals surface area contributed by atoms with E-state index < -0.39 is 0 Å². The van der Waals surface area contributed by atoms with Crippen LogP contribution in [0.2, 0.25) is 0 Å². The molecular formula is C23H25N3. The molecule has 2 aliphatic rings. The van der Waals surface area contributed by atoms with E-state index in [1.54, 1.807) is 0 Å². The Morgan fingerprint density at radius 2 is 1.96 bits per heavy atom. The van der Waals surface area contributed by atoms with Crippen LogP contribution in [0.25, 0.3) is 10.8 Å². The smallest absolute Gasteiger partial charge is 0.0457 e. The topological polar surface area (TPSA) is 28.2 Å². The molecule has 26 heavy (non-hydrogen) atoms. The number of nitrogens with one attached hydrogen (secondary N) is 1. The summed E-state index contributed by atoms with van der Waals surface area (Å²) in [6.07, 6.45) is 6.49. The molecule has 2 heterocycles.